The van der Waals surface area contributed by atoms with Gasteiger partial charge in [0.05, 0.1) is 5.02 Å². The minimum Gasteiger partial charge on any atom is -0.327 e. The van der Waals surface area contributed by atoms with E-state index in [1.165, 1.54) is 6.07 Å². The SMILES string of the molecule is NC(CSc1cccc(Cl)c1)Cc1cccc(Cl)c1F. The van der Waals surface area contributed by atoms with E-state index >= 15 is 0 Å². The van der Waals surface area contributed by atoms with E-state index in [2.05, 4.69) is 0 Å². The Morgan fingerprint density at radius 1 is 1.15 bits per heavy atom. The first-order valence-electron chi connectivity index (χ1n) is 6.13. The molecule has 2 aromatic carbocycles. The minimum absolute atomic E-state index is 0.136. The van der Waals surface area contributed by atoms with Crippen molar-refractivity contribution < 1.29 is 4.39 Å². The molecule has 5 heteroatoms. The standard InChI is InChI=1S/C15H14Cl2FNS/c16-11-4-2-5-13(8-11)20-9-12(19)7-10-3-1-6-14(17)15(10)18/h1-6,8,12H,7,9,19H2. The maximum atomic E-state index is 13.8. The number of benzene rings is 2. The Labute approximate surface area is 132 Å². The van der Waals surface area contributed by atoms with Crippen molar-refractivity contribution in [2.45, 2.75) is 17.4 Å². The van der Waals surface area contributed by atoms with Crippen molar-refractivity contribution in [2.24, 2.45) is 5.73 Å². The second-order valence-electron chi connectivity index (χ2n) is 4.45. The van der Waals surface area contributed by atoms with Crippen molar-refractivity contribution in [1.29, 1.82) is 0 Å². The molecule has 20 heavy (non-hydrogen) atoms. The first-order chi connectivity index (χ1) is 9.56. The van der Waals surface area contributed by atoms with E-state index in [-0.39, 0.29) is 16.9 Å². The summed E-state index contributed by atoms with van der Waals surface area (Å²) in [7, 11) is 0. The Balaban J connectivity index is 1.92. The second-order valence-corrected chi connectivity index (χ2v) is 6.38. The molecular formula is C15H14Cl2FNS. The average Bonchev–Trinajstić information content (AvgIpc) is 2.42. The number of nitrogens with two attached hydrogens (primary N) is 1. The highest BCUT2D eigenvalue weighted by Crippen LogP contribution is 2.24. The monoisotopic (exact) mass is 329 g/mol. The minimum atomic E-state index is -0.377. The lowest BCUT2D eigenvalue weighted by Crippen LogP contribution is -2.26. The van der Waals surface area contributed by atoms with Crippen molar-refractivity contribution >= 4 is 35.0 Å². The van der Waals surface area contributed by atoms with E-state index in [1.54, 1.807) is 23.9 Å². The molecule has 0 saturated carbocycles. The van der Waals surface area contributed by atoms with E-state index in [0.717, 1.165) is 4.90 Å². The van der Waals surface area contributed by atoms with Crippen LogP contribution in [-0.2, 0) is 6.42 Å². The van der Waals surface area contributed by atoms with Gasteiger partial charge in [-0.15, -0.1) is 11.8 Å². The van der Waals surface area contributed by atoms with Crippen LogP contribution in [0, 0.1) is 5.82 Å². The Kier molecular flexibility index (Phi) is 5.73. The van der Waals surface area contributed by atoms with Crippen molar-refractivity contribution in [3.63, 3.8) is 0 Å². The quantitative estimate of drug-likeness (QED) is 0.798. The van der Waals surface area contributed by atoms with Crippen molar-refractivity contribution in [1.82, 2.24) is 0 Å². The predicted octanol–water partition coefficient (Wildman–Crippen LogP) is 4.79. The molecule has 0 heterocycles. The fourth-order valence-electron chi connectivity index (χ4n) is 1.81. The highest BCUT2D eigenvalue weighted by atomic mass is 35.5. The largest absolute Gasteiger partial charge is 0.327 e. The molecule has 1 nitrogen and oxygen atoms in total. The smallest absolute Gasteiger partial charge is 0.145 e. The molecule has 0 saturated heterocycles. The van der Waals surface area contributed by atoms with Crippen LogP contribution in [0.4, 0.5) is 4.39 Å². The van der Waals surface area contributed by atoms with Crippen LogP contribution in [0.5, 0.6) is 0 Å². The zero-order chi connectivity index (χ0) is 14.5. The Morgan fingerprint density at radius 2 is 1.90 bits per heavy atom. The summed E-state index contributed by atoms with van der Waals surface area (Å²) in [5.74, 6) is 0.309. The van der Waals surface area contributed by atoms with Gasteiger partial charge in [0.15, 0.2) is 0 Å². The van der Waals surface area contributed by atoms with Gasteiger partial charge in [0, 0.05) is 21.7 Å². The van der Waals surface area contributed by atoms with Gasteiger partial charge >= 0.3 is 0 Å². The predicted molar refractivity (Wildman–Crippen MR) is 85.3 cm³/mol. The van der Waals surface area contributed by atoms with E-state index in [4.69, 9.17) is 28.9 Å². The van der Waals surface area contributed by atoms with Crippen LogP contribution >= 0.6 is 35.0 Å². The molecule has 0 aliphatic carbocycles. The van der Waals surface area contributed by atoms with E-state index in [9.17, 15) is 4.39 Å². The fraction of sp³-hybridized carbons (Fsp3) is 0.200. The third-order valence-corrected chi connectivity index (χ3v) is 4.48. The van der Waals surface area contributed by atoms with E-state index in [1.807, 2.05) is 24.3 Å². The molecule has 0 spiro atoms. The summed E-state index contributed by atoms with van der Waals surface area (Å²) < 4.78 is 13.8. The molecule has 2 rings (SSSR count). The molecule has 0 aliphatic rings. The van der Waals surface area contributed by atoms with Gasteiger partial charge in [0.1, 0.15) is 5.82 Å². The maximum absolute atomic E-state index is 13.8. The summed E-state index contributed by atoms with van der Waals surface area (Å²) in [6, 6.07) is 12.4. The molecule has 0 radical (unpaired) electrons. The summed E-state index contributed by atoms with van der Waals surface area (Å²) in [6.45, 7) is 0. The van der Waals surface area contributed by atoms with Gasteiger partial charge in [-0.3, -0.25) is 0 Å². The van der Waals surface area contributed by atoms with Gasteiger partial charge in [-0.05, 0) is 36.2 Å². The zero-order valence-electron chi connectivity index (χ0n) is 10.7. The van der Waals surface area contributed by atoms with Crippen molar-refractivity contribution in [3.05, 3.63) is 63.9 Å². The highest BCUT2D eigenvalue weighted by molar-refractivity contribution is 7.99. The summed E-state index contributed by atoms with van der Waals surface area (Å²) in [6.07, 6.45) is 0.458. The number of hydrogen-bond donors (Lipinski definition) is 1. The fourth-order valence-corrected chi connectivity index (χ4v) is 3.17. The molecule has 2 aromatic rings. The molecule has 0 aromatic heterocycles. The van der Waals surface area contributed by atoms with Crippen LogP contribution in [0.3, 0.4) is 0 Å². The van der Waals surface area contributed by atoms with Crippen LogP contribution < -0.4 is 5.73 Å². The van der Waals surface area contributed by atoms with Crippen LogP contribution in [0.2, 0.25) is 10.0 Å². The third kappa shape index (κ3) is 4.38. The van der Waals surface area contributed by atoms with Gasteiger partial charge in [-0.2, -0.15) is 0 Å². The molecule has 0 amide bonds. The van der Waals surface area contributed by atoms with Crippen LogP contribution in [0.1, 0.15) is 5.56 Å². The van der Waals surface area contributed by atoms with Crippen molar-refractivity contribution in [2.75, 3.05) is 5.75 Å². The highest BCUT2D eigenvalue weighted by Gasteiger charge is 2.11. The molecule has 0 fully saturated rings. The van der Waals surface area contributed by atoms with Crippen molar-refractivity contribution in [3.8, 4) is 0 Å². The molecule has 2 N–H and O–H groups in total. The van der Waals surface area contributed by atoms with Gasteiger partial charge in [-0.25, -0.2) is 4.39 Å². The lowest BCUT2D eigenvalue weighted by atomic mass is 10.1. The maximum Gasteiger partial charge on any atom is 0.145 e. The molecule has 1 unspecified atom stereocenters. The normalized spacial score (nSPS) is 12.4. The number of rotatable bonds is 5. The molecule has 0 bridgehead atoms. The first kappa shape index (κ1) is 15.6. The number of halogens is 3. The molecule has 106 valence electrons. The molecule has 1 atom stereocenters. The number of thioether (sulfide) groups is 1. The summed E-state index contributed by atoms with van der Waals surface area (Å²) in [4.78, 5) is 1.06. The Bertz CT molecular complexity index is 592. The van der Waals surface area contributed by atoms with Gasteiger partial charge in [0.2, 0.25) is 0 Å². The van der Waals surface area contributed by atoms with E-state index in [0.29, 0.717) is 22.8 Å². The summed E-state index contributed by atoms with van der Waals surface area (Å²) in [5.41, 5.74) is 6.60. The summed E-state index contributed by atoms with van der Waals surface area (Å²) >= 11 is 13.3. The second kappa shape index (κ2) is 7.32. The topological polar surface area (TPSA) is 26.0 Å². The average molecular weight is 330 g/mol. The van der Waals surface area contributed by atoms with Gasteiger partial charge in [-0.1, -0.05) is 41.4 Å². The lowest BCUT2D eigenvalue weighted by Gasteiger charge is -2.12. The number of hydrogen-bond acceptors (Lipinski definition) is 2. The van der Waals surface area contributed by atoms with Crippen LogP contribution in [0.15, 0.2) is 47.4 Å². The first-order valence-corrected chi connectivity index (χ1v) is 7.87. The van der Waals surface area contributed by atoms with Gasteiger partial charge in [0.25, 0.3) is 0 Å². The lowest BCUT2D eigenvalue weighted by molar-refractivity contribution is 0.598. The van der Waals surface area contributed by atoms with Crippen LogP contribution in [0.25, 0.3) is 0 Å². The summed E-state index contributed by atoms with van der Waals surface area (Å²) in [5, 5.41) is 0.835. The molecule has 0 aliphatic heterocycles. The zero-order valence-corrected chi connectivity index (χ0v) is 13.0. The van der Waals surface area contributed by atoms with Gasteiger partial charge < -0.3 is 5.73 Å². The van der Waals surface area contributed by atoms with Crippen LogP contribution in [-0.4, -0.2) is 11.8 Å². The third-order valence-electron chi connectivity index (χ3n) is 2.77. The Hall–Kier alpha value is -0.740. The molecular weight excluding hydrogens is 316 g/mol. The van der Waals surface area contributed by atoms with E-state index < -0.39 is 0 Å². The Morgan fingerprint density at radius 3 is 2.65 bits per heavy atom.